The standard InChI is InChI=1S/C25H59NO9Si3/c1-10-29-36(27-8,30-11-2)23-17-20-26(21-18-24-37(28-9,31-12-3)32-13-4)22-19-25-38(33-14-5,34-15-6)35-16-7/h10-25H2,1-9H3. The van der Waals surface area contributed by atoms with Crippen LogP contribution >= 0.6 is 0 Å². The highest BCUT2D eigenvalue weighted by Crippen LogP contribution is 2.22. The lowest BCUT2D eigenvalue weighted by Gasteiger charge is -2.31. The van der Waals surface area contributed by atoms with Gasteiger partial charge >= 0.3 is 26.4 Å². The minimum absolute atomic E-state index is 0.585. The summed E-state index contributed by atoms with van der Waals surface area (Å²) in [6, 6.07) is 2.36. The molecule has 0 heterocycles. The summed E-state index contributed by atoms with van der Waals surface area (Å²) in [5.74, 6) is 0. The molecule has 0 amide bonds. The maximum absolute atomic E-state index is 6.07. The Morgan fingerprint density at radius 3 is 0.868 bits per heavy atom. The molecule has 0 aromatic heterocycles. The van der Waals surface area contributed by atoms with Crippen molar-refractivity contribution in [3.8, 4) is 0 Å². The Bertz CT molecular complexity index is 493. The smallest absolute Gasteiger partial charge is 0.377 e. The highest BCUT2D eigenvalue weighted by Gasteiger charge is 2.41. The molecule has 0 aliphatic rings. The monoisotopic (exact) mass is 601 g/mol. The number of nitrogens with zero attached hydrogens (tertiary/aromatic N) is 1. The molecule has 0 bridgehead atoms. The minimum Gasteiger partial charge on any atom is -0.377 e. The number of rotatable bonds is 28. The van der Waals surface area contributed by atoms with E-state index < -0.39 is 26.4 Å². The molecule has 0 aromatic rings. The van der Waals surface area contributed by atoms with Crippen LogP contribution in [0.4, 0.5) is 0 Å². The van der Waals surface area contributed by atoms with Gasteiger partial charge in [0.15, 0.2) is 0 Å². The van der Waals surface area contributed by atoms with Crippen LogP contribution in [-0.4, -0.2) is 111 Å². The van der Waals surface area contributed by atoms with Crippen LogP contribution in [0.5, 0.6) is 0 Å². The van der Waals surface area contributed by atoms with E-state index in [9.17, 15) is 0 Å². The molecule has 0 atom stereocenters. The fourth-order valence-electron chi connectivity index (χ4n) is 4.59. The van der Waals surface area contributed by atoms with E-state index in [1.165, 1.54) is 0 Å². The van der Waals surface area contributed by atoms with Gasteiger partial charge in [-0.25, -0.2) is 0 Å². The van der Waals surface area contributed by atoms with Crippen molar-refractivity contribution in [2.75, 3.05) is 80.1 Å². The molecule has 0 aliphatic heterocycles. The summed E-state index contributed by atoms with van der Waals surface area (Å²) in [5, 5.41) is 0. The summed E-state index contributed by atoms with van der Waals surface area (Å²) >= 11 is 0. The number of hydrogen-bond donors (Lipinski definition) is 0. The normalized spacial score (nSPS) is 13.1. The Morgan fingerprint density at radius 1 is 0.395 bits per heavy atom. The Balaban J connectivity index is 5.37. The third-order valence-corrected chi connectivity index (χ3v) is 15.3. The first-order valence-corrected chi connectivity index (χ1v) is 20.4. The quantitative estimate of drug-likeness (QED) is 0.116. The van der Waals surface area contributed by atoms with Gasteiger partial charge in [-0.05, 0) is 87.4 Å². The molecule has 0 saturated heterocycles. The summed E-state index contributed by atoms with van der Waals surface area (Å²) in [4.78, 5) is 2.49. The second-order valence-electron chi connectivity index (χ2n) is 8.64. The third-order valence-electron chi connectivity index (χ3n) is 6.04. The van der Waals surface area contributed by atoms with Crippen molar-refractivity contribution >= 4 is 26.4 Å². The van der Waals surface area contributed by atoms with E-state index in [-0.39, 0.29) is 0 Å². The zero-order valence-corrected chi connectivity index (χ0v) is 28.9. The van der Waals surface area contributed by atoms with Crippen LogP contribution in [0.3, 0.4) is 0 Å². The van der Waals surface area contributed by atoms with Gasteiger partial charge in [0.2, 0.25) is 0 Å². The first kappa shape index (κ1) is 38.3. The van der Waals surface area contributed by atoms with Gasteiger partial charge < -0.3 is 44.7 Å². The molecule has 0 unspecified atom stereocenters. The first-order valence-electron chi connectivity index (χ1n) is 14.6. The lowest BCUT2D eigenvalue weighted by atomic mass is 10.3. The summed E-state index contributed by atoms with van der Waals surface area (Å²) in [7, 11) is -4.58. The van der Waals surface area contributed by atoms with Crippen molar-refractivity contribution in [2.24, 2.45) is 0 Å². The first-order chi connectivity index (χ1) is 18.3. The molecular formula is C25H59NO9Si3. The van der Waals surface area contributed by atoms with Crippen molar-refractivity contribution in [1.29, 1.82) is 0 Å². The van der Waals surface area contributed by atoms with Gasteiger partial charge in [0, 0.05) is 78.6 Å². The fourth-order valence-corrected chi connectivity index (χ4v) is 11.7. The molecule has 0 N–H and O–H groups in total. The molecule has 0 radical (unpaired) electrons. The molecule has 10 nitrogen and oxygen atoms in total. The van der Waals surface area contributed by atoms with E-state index in [1.54, 1.807) is 14.2 Å². The molecule has 0 spiro atoms. The SMILES string of the molecule is CCO[Si](CCCN(CCC[Si](OC)(OCC)OCC)CCC[Si](OCC)(OCC)OCC)(OC)OCC. The van der Waals surface area contributed by atoms with Gasteiger partial charge in [-0.15, -0.1) is 0 Å². The predicted molar refractivity (Wildman–Crippen MR) is 157 cm³/mol. The second kappa shape index (κ2) is 22.9. The van der Waals surface area contributed by atoms with E-state index in [1.807, 2.05) is 48.5 Å². The molecule has 0 aliphatic carbocycles. The lowest BCUT2D eigenvalue weighted by molar-refractivity contribution is 0.0698. The van der Waals surface area contributed by atoms with Crippen LogP contribution in [-0.2, 0) is 39.8 Å². The van der Waals surface area contributed by atoms with Gasteiger partial charge in [-0.2, -0.15) is 0 Å². The lowest BCUT2D eigenvalue weighted by Crippen LogP contribution is -2.47. The zero-order valence-electron chi connectivity index (χ0n) is 25.9. The van der Waals surface area contributed by atoms with Crippen LogP contribution < -0.4 is 0 Å². The van der Waals surface area contributed by atoms with Crippen molar-refractivity contribution in [3.63, 3.8) is 0 Å². The maximum Gasteiger partial charge on any atom is 0.500 e. The summed E-state index contributed by atoms with van der Waals surface area (Å²) < 4.78 is 53.7. The summed E-state index contributed by atoms with van der Waals surface area (Å²) in [5.41, 5.74) is 0. The predicted octanol–water partition coefficient (Wildman–Crippen LogP) is 4.82. The molecule has 0 saturated carbocycles. The molecule has 0 aromatic carbocycles. The van der Waals surface area contributed by atoms with Crippen molar-refractivity contribution in [1.82, 2.24) is 4.90 Å². The van der Waals surface area contributed by atoms with Gasteiger partial charge in [0.1, 0.15) is 0 Å². The average molecular weight is 602 g/mol. The molecule has 0 fully saturated rings. The van der Waals surface area contributed by atoms with E-state index >= 15 is 0 Å². The molecular weight excluding hydrogens is 543 g/mol. The van der Waals surface area contributed by atoms with Gasteiger partial charge in [0.25, 0.3) is 0 Å². The van der Waals surface area contributed by atoms with Crippen LogP contribution in [0.15, 0.2) is 0 Å². The van der Waals surface area contributed by atoms with E-state index in [0.717, 1.165) is 57.0 Å². The Morgan fingerprint density at radius 2 is 0.632 bits per heavy atom. The van der Waals surface area contributed by atoms with Gasteiger partial charge in [-0.1, -0.05) is 0 Å². The van der Waals surface area contributed by atoms with Crippen LogP contribution in [0.1, 0.15) is 67.7 Å². The van der Waals surface area contributed by atoms with Crippen LogP contribution in [0, 0.1) is 0 Å². The van der Waals surface area contributed by atoms with Crippen molar-refractivity contribution in [2.45, 2.75) is 85.9 Å². The largest absolute Gasteiger partial charge is 0.500 e. The Labute approximate surface area is 237 Å². The van der Waals surface area contributed by atoms with Crippen LogP contribution in [0.25, 0.3) is 0 Å². The van der Waals surface area contributed by atoms with Crippen molar-refractivity contribution in [3.05, 3.63) is 0 Å². The molecule has 13 heteroatoms. The minimum atomic E-state index is -2.67. The molecule has 230 valence electrons. The third kappa shape index (κ3) is 14.8. The van der Waals surface area contributed by atoms with Crippen molar-refractivity contribution < 1.29 is 39.8 Å². The van der Waals surface area contributed by atoms with Crippen LogP contribution in [0.2, 0.25) is 18.1 Å². The maximum atomic E-state index is 6.07. The summed E-state index contributed by atoms with van der Waals surface area (Å²) in [6.07, 6.45) is 2.78. The van der Waals surface area contributed by atoms with Gasteiger partial charge in [0.05, 0.1) is 0 Å². The fraction of sp³-hybridized carbons (Fsp3) is 1.00. The van der Waals surface area contributed by atoms with E-state index in [4.69, 9.17) is 39.8 Å². The molecule has 38 heavy (non-hydrogen) atoms. The highest BCUT2D eigenvalue weighted by molar-refractivity contribution is 6.61. The Hall–Kier alpha value is 0.251. The summed E-state index contributed by atoms with van der Waals surface area (Å²) in [6.45, 7) is 20.8. The molecule has 0 rings (SSSR count). The topological polar surface area (TPSA) is 86.3 Å². The highest BCUT2D eigenvalue weighted by atomic mass is 28.4. The average Bonchev–Trinajstić information content (AvgIpc) is 2.89. The Kier molecular flexibility index (Phi) is 23.0. The number of hydrogen-bond acceptors (Lipinski definition) is 10. The van der Waals surface area contributed by atoms with E-state index in [0.29, 0.717) is 46.2 Å². The second-order valence-corrected chi connectivity index (χ2v) is 17.1. The van der Waals surface area contributed by atoms with Gasteiger partial charge in [-0.3, -0.25) is 0 Å². The zero-order chi connectivity index (χ0) is 28.8. The van der Waals surface area contributed by atoms with E-state index in [2.05, 4.69) is 4.90 Å².